The second kappa shape index (κ2) is 7.74. The Morgan fingerprint density at radius 2 is 2.12 bits per heavy atom. The zero-order chi connectivity index (χ0) is 18.5. The van der Waals surface area contributed by atoms with Crippen molar-refractivity contribution in [1.29, 1.82) is 0 Å². The van der Waals surface area contributed by atoms with E-state index in [4.69, 9.17) is 11.6 Å². The summed E-state index contributed by atoms with van der Waals surface area (Å²) in [5.41, 5.74) is 0.766. The molecule has 1 aromatic carbocycles. The number of nitrogens with one attached hydrogen (secondary N) is 1. The highest BCUT2D eigenvalue weighted by Crippen LogP contribution is 2.16. The Hall–Kier alpha value is -3.27. The van der Waals surface area contributed by atoms with Crippen molar-refractivity contribution in [3.8, 4) is 0 Å². The number of carbonyl (C=O) groups is 1. The predicted molar refractivity (Wildman–Crippen MR) is 92.7 cm³/mol. The molecule has 0 radical (unpaired) electrons. The molecule has 0 saturated carbocycles. The van der Waals surface area contributed by atoms with Crippen LogP contribution < -0.4 is 5.32 Å². The molecular formula is C15H14ClN7O3. The Bertz CT molecular complexity index is 937. The average molecular weight is 376 g/mol. The van der Waals surface area contributed by atoms with Gasteiger partial charge in [-0.25, -0.2) is 9.67 Å². The Morgan fingerprint density at radius 1 is 1.31 bits per heavy atom. The number of hydrogen-bond donors (Lipinski definition) is 1. The van der Waals surface area contributed by atoms with Crippen LogP contribution in [0.15, 0.2) is 43.0 Å². The van der Waals surface area contributed by atoms with E-state index < -0.39 is 4.92 Å². The Morgan fingerprint density at radius 3 is 2.85 bits per heavy atom. The minimum atomic E-state index is -0.543. The van der Waals surface area contributed by atoms with Gasteiger partial charge < -0.3 is 0 Å². The summed E-state index contributed by atoms with van der Waals surface area (Å²) < 4.78 is 2.90. The summed E-state index contributed by atoms with van der Waals surface area (Å²) in [6, 6.07) is 7.38. The molecule has 3 aromatic rings. The molecule has 0 aliphatic carbocycles. The molecule has 10 nitrogen and oxygen atoms in total. The van der Waals surface area contributed by atoms with E-state index >= 15 is 0 Å². The summed E-state index contributed by atoms with van der Waals surface area (Å²) in [5, 5.41) is 21.8. The zero-order valence-corrected chi connectivity index (χ0v) is 14.2. The molecule has 2 heterocycles. The fourth-order valence-electron chi connectivity index (χ4n) is 2.20. The quantitative estimate of drug-likeness (QED) is 0.498. The van der Waals surface area contributed by atoms with Gasteiger partial charge in [0.05, 0.1) is 11.5 Å². The van der Waals surface area contributed by atoms with Gasteiger partial charge in [0.1, 0.15) is 18.7 Å². The van der Waals surface area contributed by atoms with Crippen molar-refractivity contribution in [2.24, 2.45) is 0 Å². The number of benzene rings is 1. The molecule has 0 atom stereocenters. The van der Waals surface area contributed by atoms with Crippen LogP contribution in [-0.4, -0.2) is 35.4 Å². The maximum atomic E-state index is 12.0. The van der Waals surface area contributed by atoms with Crippen LogP contribution in [0, 0.1) is 10.1 Å². The van der Waals surface area contributed by atoms with Crippen LogP contribution in [0.2, 0.25) is 5.02 Å². The first-order valence-electron chi connectivity index (χ1n) is 7.61. The number of aromatic nitrogens is 5. The summed E-state index contributed by atoms with van der Waals surface area (Å²) in [7, 11) is 0. The van der Waals surface area contributed by atoms with Gasteiger partial charge in [-0.15, -0.1) is 5.10 Å². The van der Waals surface area contributed by atoms with Crippen LogP contribution >= 0.6 is 11.6 Å². The number of nitro groups is 1. The zero-order valence-electron chi connectivity index (χ0n) is 13.4. The van der Waals surface area contributed by atoms with E-state index in [1.165, 1.54) is 17.2 Å². The van der Waals surface area contributed by atoms with Crippen LogP contribution in [0.5, 0.6) is 0 Å². The highest BCUT2D eigenvalue weighted by atomic mass is 35.5. The maximum Gasteiger partial charge on any atom is 0.306 e. The third kappa shape index (κ3) is 4.42. The molecule has 0 saturated heterocycles. The minimum Gasteiger partial charge on any atom is -0.293 e. The highest BCUT2D eigenvalue weighted by Gasteiger charge is 2.11. The lowest BCUT2D eigenvalue weighted by atomic mass is 10.2. The Kier molecular flexibility index (Phi) is 5.23. The molecule has 1 N–H and O–H groups in total. The SMILES string of the molecule is O=C(CCn1cc([N+](=O)[O-])cn1)Nc1ncn(Cc2ccccc2Cl)n1. The summed E-state index contributed by atoms with van der Waals surface area (Å²) in [6.07, 6.45) is 3.98. The van der Waals surface area contributed by atoms with Crippen LogP contribution in [0.4, 0.5) is 11.6 Å². The number of nitrogens with zero attached hydrogens (tertiary/aromatic N) is 6. The molecule has 3 rings (SSSR count). The number of halogens is 1. The van der Waals surface area contributed by atoms with Crippen molar-refractivity contribution in [1.82, 2.24) is 24.5 Å². The lowest BCUT2D eigenvalue weighted by Gasteiger charge is -2.03. The molecule has 0 spiro atoms. The van der Waals surface area contributed by atoms with Gasteiger partial charge in [0.2, 0.25) is 11.9 Å². The average Bonchev–Trinajstić information content (AvgIpc) is 3.25. The number of hydrogen-bond acceptors (Lipinski definition) is 6. The fraction of sp³-hybridized carbons (Fsp3) is 0.200. The summed E-state index contributed by atoms with van der Waals surface area (Å²) in [6.45, 7) is 0.638. The number of aryl methyl sites for hydroxylation is 1. The Labute approximate surface area is 152 Å². The summed E-state index contributed by atoms with van der Waals surface area (Å²) in [4.78, 5) is 26.0. The molecule has 0 aliphatic rings. The van der Waals surface area contributed by atoms with Gasteiger partial charge in [-0.05, 0) is 11.6 Å². The minimum absolute atomic E-state index is 0.0812. The van der Waals surface area contributed by atoms with Gasteiger partial charge in [0.15, 0.2) is 0 Å². The maximum absolute atomic E-state index is 12.0. The van der Waals surface area contributed by atoms with Gasteiger partial charge in [-0.1, -0.05) is 29.8 Å². The molecule has 0 bridgehead atoms. The van der Waals surface area contributed by atoms with Crippen molar-refractivity contribution in [2.45, 2.75) is 19.5 Å². The molecule has 2 aromatic heterocycles. The normalized spacial score (nSPS) is 10.7. The van der Waals surface area contributed by atoms with Crippen LogP contribution in [0.1, 0.15) is 12.0 Å². The van der Waals surface area contributed by atoms with Crippen molar-refractivity contribution in [2.75, 3.05) is 5.32 Å². The molecular weight excluding hydrogens is 362 g/mol. The number of amides is 1. The lowest BCUT2D eigenvalue weighted by Crippen LogP contribution is -2.16. The molecule has 1 amide bonds. The molecule has 26 heavy (non-hydrogen) atoms. The van der Waals surface area contributed by atoms with Crippen molar-refractivity contribution in [3.05, 3.63) is 63.7 Å². The standard InChI is InChI=1S/C15H14ClN7O3/c16-13-4-2-1-3-11(13)8-22-10-17-15(20-22)19-14(24)5-6-21-9-12(7-18-21)23(25)26/h1-4,7,9-10H,5-6,8H2,(H,19,20,24). The van der Waals surface area contributed by atoms with E-state index in [1.807, 2.05) is 18.2 Å². The summed E-state index contributed by atoms with van der Waals surface area (Å²) >= 11 is 6.10. The van der Waals surface area contributed by atoms with Gasteiger partial charge in [0.25, 0.3) is 0 Å². The van der Waals surface area contributed by atoms with E-state index in [9.17, 15) is 14.9 Å². The van der Waals surface area contributed by atoms with Gasteiger partial charge in [-0.2, -0.15) is 5.10 Å². The molecule has 0 fully saturated rings. The third-order valence-corrected chi connectivity index (χ3v) is 3.85. The van der Waals surface area contributed by atoms with E-state index in [1.54, 1.807) is 10.7 Å². The van der Waals surface area contributed by atoms with Crippen LogP contribution in [0.3, 0.4) is 0 Å². The first-order chi connectivity index (χ1) is 12.5. The lowest BCUT2D eigenvalue weighted by molar-refractivity contribution is -0.385. The smallest absolute Gasteiger partial charge is 0.293 e. The topological polar surface area (TPSA) is 121 Å². The first kappa shape index (κ1) is 17.5. The number of rotatable bonds is 7. The van der Waals surface area contributed by atoms with Crippen LogP contribution in [-0.2, 0) is 17.9 Å². The van der Waals surface area contributed by atoms with Gasteiger partial charge in [0, 0.05) is 18.0 Å². The Balaban J connectivity index is 1.52. The molecule has 11 heteroatoms. The van der Waals surface area contributed by atoms with Gasteiger partial charge in [-0.3, -0.25) is 24.9 Å². The molecule has 0 unspecified atom stereocenters. The van der Waals surface area contributed by atoms with E-state index in [-0.39, 0.29) is 30.5 Å². The fourth-order valence-corrected chi connectivity index (χ4v) is 2.40. The van der Waals surface area contributed by atoms with E-state index in [0.29, 0.717) is 11.6 Å². The highest BCUT2D eigenvalue weighted by molar-refractivity contribution is 6.31. The number of anilines is 1. The van der Waals surface area contributed by atoms with Gasteiger partial charge >= 0.3 is 5.69 Å². The third-order valence-electron chi connectivity index (χ3n) is 3.48. The monoisotopic (exact) mass is 375 g/mol. The second-order valence-corrected chi connectivity index (χ2v) is 5.78. The van der Waals surface area contributed by atoms with Crippen molar-refractivity contribution in [3.63, 3.8) is 0 Å². The first-order valence-corrected chi connectivity index (χ1v) is 7.98. The molecule has 134 valence electrons. The summed E-state index contributed by atoms with van der Waals surface area (Å²) in [5.74, 6) is -0.146. The number of carbonyl (C=O) groups excluding carboxylic acids is 1. The predicted octanol–water partition coefficient (Wildman–Crippen LogP) is 2.11. The van der Waals surface area contributed by atoms with Crippen LogP contribution in [0.25, 0.3) is 0 Å². The second-order valence-electron chi connectivity index (χ2n) is 5.37. The van der Waals surface area contributed by atoms with E-state index in [2.05, 4.69) is 20.5 Å². The molecule has 0 aliphatic heterocycles. The van der Waals surface area contributed by atoms with E-state index in [0.717, 1.165) is 11.8 Å². The largest absolute Gasteiger partial charge is 0.306 e. The van der Waals surface area contributed by atoms with Crippen molar-refractivity contribution < 1.29 is 9.72 Å². The van der Waals surface area contributed by atoms with Crippen molar-refractivity contribution >= 4 is 29.1 Å².